The van der Waals surface area contributed by atoms with Crippen LogP contribution in [0.1, 0.15) is 5.69 Å². The molecule has 0 saturated heterocycles. The van der Waals surface area contributed by atoms with Crippen molar-refractivity contribution in [3.8, 4) is 11.1 Å². The van der Waals surface area contributed by atoms with Gasteiger partial charge in [-0.1, -0.05) is 0 Å². The van der Waals surface area contributed by atoms with Crippen LogP contribution in [0.5, 0.6) is 0 Å². The molecule has 0 fully saturated rings. The Balaban J connectivity index is 2.25. The number of aromatic amines is 1. The zero-order valence-electron chi connectivity index (χ0n) is 8.61. The molecule has 0 aliphatic rings. The Morgan fingerprint density at radius 3 is 2.94 bits per heavy atom. The van der Waals surface area contributed by atoms with E-state index in [1.807, 2.05) is 35.9 Å². The Labute approximate surface area is 100 Å². The van der Waals surface area contributed by atoms with Crippen molar-refractivity contribution in [3.05, 3.63) is 41.0 Å². The van der Waals surface area contributed by atoms with E-state index >= 15 is 0 Å². The van der Waals surface area contributed by atoms with Crippen molar-refractivity contribution < 1.29 is 0 Å². The maximum atomic E-state index is 4.26. The average molecular weight is 277 g/mol. The van der Waals surface area contributed by atoms with Gasteiger partial charge in [0, 0.05) is 23.0 Å². The van der Waals surface area contributed by atoms with Crippen molar-refractivity contribution in [2.45, 2.75) is 6.92 Å². The molecular weight excluding hydrogens is 268 g/mol. The molecule has 0 amide bonds. The molecule has 0 saturated carbocycles. The lowest BCUT2D eigenvalue weighted by molar-refractivity contribution is 1.05. The van der Waals surface area contributed by atoms with Gasteiger partial charge in [-0.15, -0.1) is 0 Å². The largest absolute Gasteiger partial charge is 0.294 e. The van der Waals surface area contributed by atoms with Gasteiger partial charge in [0.1, 0.15) is 10.3 Å². The summed E-state index contributed by atoms with van der Waals surface area (Å²) in [6, 6.07) is 4.04. The number of hydrogen-bond donors (Lipinski definition) is 1. The zero-order valence-corrected chi connectivity index (χ0v) is 10.2. The van der Waals surface area contributed by atoms with E-state index in [1.165, 1.54) is 0 Å². The van der Waals surface area contributed by atoms with Gasteiger partial charge in [0.2, 0.25) is 0 Å². The van der Waals surface area contributed by atoms with Gasteiger partial charge < -0.3 is 0 Å². The second-order valence-corrected chi connectivity index (χ2v) is 4.45. The Bertz CT molecular complexity index is 653. The van der Waals surface area contributed by atoms with Gasteiger partial charge in [-0.2, -0.15) is 5.10 Å². The number of imidazole rings is 1. The number of H-pyrrole nitrogens is 1. The number of rotatable bonds is 1. The minimum atomic E-state index is 0.928. The van der Waals surface area contributed by atoms with E-state index in [1.54, 1.807) is 6.20 Å². The fourth-order valence-corrected chi connectivity index (χ4v) is 2.14. The van der Waals surface area contributed by atoms with Gasteiger partial charge in [-0.3, -0.25) is 9.50 Å². The normalized spacial score (nSPS) is 11.1. The van der Waals surface area contributed by atoms with E-state index in [-0.39, 0.29) is 0 Å². The molecule has 16 heavy (non-hydrogen) atoms. The summed E-state index contributed by atoms with van der Waals surface area (Å²) in [7, 11) is 0. The molecule has 0 aliphatic carbocycles. The quantitative estimate of drug-likeness (QED) is 0.743. The van der Waals surface area contributed by atoms with Crippen LogP contribution >= 0.6 is 15.9 Å². The standard InChI is InChI=1S/C11H9BrN4/c1-7-9(4-14-15-7)8-2-3-11-13-5-10(12)16(11)6-8/h2-6H,1H3,(H,14,15). The summed E-state index contributed by atoms with van der Waals surface area (Å²) >= 11 is 3.46. The number of hydrogen-bond acceptors (Lipinski definition) is 2. The van der Waals surface area contributed by atoms with Crippen LogP contribution < -0.4 is 0 Å². The van der Waals surface area contributed by atoms with Crippen LogP contribution in [0.3, 0.4) is 0 Å². The minimum Gasteiger partial charge on any atom is -0.294 e. The second-order valence-electron chi connectivity index (χ2n) is 3.64. The van der Waals surface area contributed by atoms with Crippen molar-refractivity contribution in [3.63, 3.8) is 0 Å². The Kier molecular flexibility index (Phi) is 2.07. The van der Waals surface area contributed by atoms with Crippen LogP contribution in [0.25, 0.3) is 16.8 Å². The topological polar surface area (TPSA) is 46.0 Å². The van der Waals surface area contributed by atoms with Gasteiger partial charge in [-0.05, 0) is 35.0 Å². The van der Waals surface area contributed by atoms with Crippen LogP contribution in [-0.4, -0.2) is 19.6 Å². The number of aromatic nitrogens is 4. The maximum Gasteiger partial charge on any atom is 0.137 e. The number of pyridine rings is 1. The number of nitrogens with zero attached hydrogens (tertiary/aromatic N) is 3. The molecule has 3 aromatic heterocycles. The molecule has 0 aliphatic heterocycles. The third-order valence-electron chi connectivity index (χ3n) is 2.60. The molecule has 0 radical (unpaired) electrons. The highest BCUT2D eigenvalue weighted by molar-refractivity contribution is 9.10. The summed E-state index contributed by atoms with van der Waals surface area (Å²) in [5.41, 5.74) is 4.23. The second kappa shape index (κ2) is 3.45. The molecule has 80 valence electrons. The lowest BCUT2D eigenvalue weighted by Gasteiger charge is -2.01. The van der Waals surface area contributed by atoms with E-state index in [4.69, 9.17) is 0 Å². The molecule has 0 unspecified atom stereocenters. The summed E-state index contributed by atoms with van der Waals surface area (Å²) < 4.78 is 2.95. The van der Waals surface area contributed by atoms with E-state index in [2.05, 4.69) is 31.1 Å². The molecule has 0 atom stereocenters. The summed E-state index contributed by atoms with van der Waals surface area (Å²) in [4.78, 5) is 4.26. The van der Waals surface area contributed by atoms with Crippen LogP contribution in [-0.2, 0) is 0 Å². The fraction of sp³-hybridized carbons (Fsp3) is 0.0909. The number of nitrogens with one attached hydrogen (secondary N) is 1. The first-order valence-corrected chi connectivity index (χ1v) is 5.68. The number of fused-ring (bicyclic) bond motifs is 1. The third kappa shape index (κ3) is 1.36. The molecule has 3 heterocycles. The molecule has 3 aromatic rings. The predicted octanol–water partition coefficient (Wildman–Crippen LogP) is 2.80. The third-order valence-corrected chi connectivity index (χ3v) is 3.19. The molecule has 0 spiro atoms. The monoisotopic (exact) mass is 276 g/mol. The highest BCUT2D eigenvalue weighted by atomic mass is 79.9. The fourth-order valence-electron chi connectivity index (χ4n) is 1.75. The van der Waals surface area contributed by atoms with E-state index in [0.717, 1.165) is 27.1 Å². The summed E-state index contributed by atoms with van der Waals surface area (Å²) in [6.07, 6.45) is 5.67. The number of aryl methyl sites for hydroxylation is 1. The summed E-state index contributed by atoms with van der Waals surface area (Å²) in [5, 5.41) is 6.96. The van der Waals surface area contributed by atoms with Crippen molar-refractivity contribution >= 4 is 21.6 Å². The minimum absolute atomic E-state index is 0.928. The van der Waals surface area contributed by atoms with E-state index in [0.29, 0.717) is 0 Å². The van der Waals surface area contributed by atoms with E-state index in [9.17, 15) is 0 Å². The molecule has 3 rings (SSSR count). The van der Waals surface area contributed by atoms with Gasteiger partial charge in [0.25, 0.3) is 0 Å². The molecule has 0 bridgehead atoms. The van der Waals surface area contributed by atoms with Crippen molar-refractivity contribution in [2.75, 3.05) is 0 Å². The van der Waals surface area contributed by atoms with Crippen molar-refractivity contribution in [1.29, 1.82) is 0 Å². The van der Waals surface area contributed by atoms with Crippen LogP contribution in [0, 0.1) is 6.92 Å². The smallest absolute Gasteiger partial charge is 0.137 e. The average Bonchev–Trinajstić information content (AvgIpc) is 2.86. The number of halogens is 1. The van der Waals surface area contributed by atoms with Gasteiger partial charge >= 0.3 is 0 Å². The van der Waals surface area contributed by atoms with Gasteiger partial charge in [0.15, 0.2) is 0 Å². The highest BCUT2D eigenvalue weighted by Gasteiger charge is 2.06. The van der Waals surface area contributed by atoms with Gasteiger partial charge in [-0.25, -0.2) is 4.98 Å². The molecule has 0 aromatic carbocycles. The first kappa shape index (κ1) is 9.59. The van der Waals surface area contributed by atoms with Crippen molar-refractivity contribution in [2.24, 2.45) is 0 Å². The maximum absolute atomic E-state index is 4.26. The summed E-state index contributed by atoms with van der Waals surface area (Å²) in [6.45, 7) is 2.01. The lowest BCUT2D eigenvalue weighted by atomic mass is 10.1. The predicted molar refractivity (Wildman–Crippen MR) is 65.2 cm³/mol. The lowest BCUT2D eigenvalue weighted by Crippen LogP contribution is -1.87. The van der Waals surface area contributed by atoms with Crippen LogP contribution in [0.15, 0.2) is 35.3 Å². The molecule has 1 N–H and O–H groups in total. The van der Waals surface area contributed by atoms with Crippen LogP contribution in [0.4, 0.5) is 0 Å². The highest BCUT2D eigenvalue weighted by Crippen LogP contribution is 2.23. The van der Waals surface area contributed by atoms with E-state index < -0.39 is 0 Å². The van der Waals surface area contributed by atoms with Gasteiger partial charge in [0.05, 0.1) is 12.4 Å². The zero-order chi connectivity index (χ0) is 11.1. The first-order chi connectivity index (χ1) is 7.75. The summed E-state index contributed by atoms with van der Waals surface area (Å²) in [5.74, 6) is 0. The Hall–Kier alpha value is -1.62. The molecular formula is C11H9BrN4. The Morgan fingerprint density at radius 2 is 2.19 bits per heavy atom. The molecule has 4 nitrogen and oxygen atoms in total. The van der Waals surface area contributed by atoms with Crippen LogP contribution in [0.2, 0.25) is 0 Å². The molecule has 5 heteroatoms. The van der Waals surface area contributed by atoms with Crippen molar-refractivity contribution in [1.82, 2.24) is 19.6 Å². The SMILES string of the molecule is Cc1[nH]ncc1-c1ccc2ncc(Br)n2c1. The Morgan fingerprint density at radius 1 is 1.31 bits per heavy atom. The first-order valence-electron chi connectivity index (χ1n) is 4.88.